The van der Waals surface area contributed by atoms with Crippen LogP contribution in [-0.4, -0.2) is 51.5 Å². The summed E-state index contributed by atoms with van der Waals surface area (Å²) in [7, 11) is 4.57. The van der Waals surface area contributed by atoms with E-state index >= 15 is 0 Å². The third-order valence-corrected chi connectivity index (χ3v) is 4.48. The molecule has 2 aromatic rings. The van der Waals surface area contributed by atoms with Crippen LogP contribution in [0.2, 0.25) is 0 Å². The van der Waals surface area contributed by atoms with Gasteiger partial charge in [0.25, 0.3) is 5.91 Å². The molecule has 1 atom stereocenters. The molecule has 0 spiro atoms. The summed E-state index contributed by atoms with van der Waals surface area (Å²) in [4.78, 5) is 16.8. The van der Waals surface area contributed by atoms with E-state index in [0.29, 0.717) is 40.9 Å². The van der Waals surface area contributed by atoms with Gasteiger partial charge in [-0.2, -0.15) is 0 Å². The highest BCUT2D eigenvalue weighted by Gasteiger charge is 2.16. The van der Waals surface area contributed by atoms with Crippen molar-refractivity contribution in [3.05, 3.63) is 36.0 Å². The zero-order valence-corrected chi connectivity index (χ0v) is 16.3. The number of aromatic nitrogens is 1. The summed E-state index contributed by atoms with van der Waals surface area (Å²) in [6.45, 7) is 1.53. The number of amides is 1. The van der Waals surface area contributed by atoms with Gasteiger partial charge in [0.2, 0.25) is 5.75 Å². The summed E-state index contributed by atoms with van der Waals surface area (Å²) in [5.74, 6) is 1.81. The molecule has 1 aromatic carbocycles. The Bertz CT molecular complexity index is 779. The predicted octanol–water partition coefficient (Wildman–Crippen LogP) is 2.95. The molecule has 0 aliphatic carbocycles. The minimum atomic E-state index is -0.285. The molecule has 0 saturated carbocycles. The molecular formula is C20H25N3O5. The van der Waals surface area contributed by atoms with Crippen molar-refractivity contribution in [3.8, 4) is 17.2 Å². The van der Waals surface area contributed by atoms with Crippen molar-refractivity contribution in [3.63, 3.8) is 0 Å². The Morgan fingerprint density at radius 3 is 2.46 bits per heavy atom. The maximum Gasteiger partial charge on any atom is 0.257 e. The molecule has 1 aromatic heterocycles. The Balaban J connectivity index is 1.65. The highest BCUT2D eigenvalue weighted by Crippen LogP contribution is 2.40. The van der Waals surface area contributed by atoms with Crippen molar-refractivity contribution in [2.24, 2.45) is 0 Å². The van der Waals surface area contributed by atoms with Gasteiger partial charge in [0.1, 0.15) is 5.82 Å². The Labute approximate surface area is 164 Å². The topological polar surface area (TPSA) is 90.9 Å². The first-order valence-electron chi connectivity index (χ1n) is 9.07. The quantitative estimate of drug-likeness (QED) is 0.720. The summed E-state index contributed by atoms with van der Waals surface area (Å²) in [6.07, 6.45) is 3.91. The van der Waals surface area contributed by atoms with E-state index in [1.54, 1.807) is 24.3 Å². The highest BCUT2D eigenvalue weighted by molar-refractivity contribution is 6.04. The van der Waals surface area contributed by atoms with Crippen molar-refractivity contribution in [2.45, 2.75) is 18.9 Å². The number of methoxy groups -OCH3 is 3. The van der Waals surface area contributed by atoms with Gasteiger partial charge in [-0.3, -0.25) is 4.79 Å². The number of hydrogen-bond acceptors (Lipinski definition) is 7. The maximum absolute atomic E-state index is 12.5. The van der Waals surface area contributed by atoms with Gasteiger partial charge >= 0.3 is 0 Å². The van der Waals surface area contributed by atoms with Crippen LogP contribution in [0.4, 0.5) is 11.5 Å². The monoisotopic (exact) mass is 387 g/mol. The van der Waals surface area contributed by atoms with E-state index in [1.165, 1.54) is 27.5 Å². The van der Waals surface area contributed by atoms with Crippen molar-refractivity contribution >= 4 is 17.4 Å². The first kappa shape index (κ1) is 19.8. The summed E-state index contributed by atoms with van der Waals surface area (Å²) in [6, 6.07) is 6.84. The van der Waals surface area contributed by atoms with E-state index < -0.39 is 0 Å². The Kier molecular flexibility index (Phi) is 6.54. The molecule has 1 aliphatic rings. The van der Waals surface area contributed by atoms with Gasteiger partial charge in [0.15, 0.2) is 11.5 Å². The van der Waals surface area contributed by atoms with Gasteiger partial charge in [0, 0.05) is 37.2 Å². The van der Waals surface area contributed by atoms with E-state index in [0.717, 1.165) is 19.4 Å². The second kappa shape index (κ2) is 9.27. The molecule has 28 heavy (non-hydrogen) atoms. The average Bonchev–Trinajstić information content (AvgIpc) is 3.25. The lowest BCUT2D eigenvalue weighted by Gasteiger charge is -2.15. The van der Waals surface area contributed by atoms with E-state index in [-0.39, 0.29) is 12.0 Å². The molecule has 1 fully saturated rings. The van der Waals surface area contributed by atoms with Crippen LogP contribution < -0.4 is 24.8 Å². The van der Waals surface area contributed by atoms with E-state index in [9.17, 15) is 4.79 Å². The SMILES string of the molecule is COc1cc(NC(=O)c2ccc(NCC3CCCO3)nc2)cc(OC)c1OC. The Morgan fingerprint density at radius 2 is 1.93 bits per heavy atom. The molecule has 1 aliphatic heterocycles. The minimum absolute atomic E-state index is 0.227. The van der Waals surface area contributed by atoms with Crippen LogP contribution >= 0.6 is 0 Å². The van der Waals surface area contributed by atoms with Crippen LogP contribution in [-0.2, 0) is 4.74 Å². The van der Waals surface area contributed by atoms with Crippen LogP contribution in [0.5, 0.6) is 17.2 Å². The maximum atomic E-state index is 12.5. The van der Waals surface area contributed by atoms with Gasteiger partial charge in [-0.05, 0) is 25.0 Å². The number of benzene rings is 1. The van der Waals surface area contributed by atoms with Gasteiger partial charge in [-0.15, -0.1) is 0 Å². The fraction of sp³-hybridized carbons (Fsp3) is 0.400. The molecular weight excluding hydrogens is 362 g/mol. The molecule has 150 valence electrons. The van der Waals surface area contributed by atoms with Gasteiger partial charge < -0.3 is 29.6 Å². The lowest BCUT2D eigenvalue weighted by molar-refractivity contribution is 0.102. The highest BCUT2D eigenvalue weighted by atomic mass is 16.5. The van der Waals surface area contributed by atoms with Crippen LogP contribution in [0, 0.1) is 0 Å². The molecule has 2 heterocycles. The Hall–Kier alpha value is -3.00. The van der Waals surface area contributed by atoms with Gasteiger partial charge in [-0.25, -0.2) is 4.98 Å². The molecule has 1 amide bonds. The first-order valence-corrected chi connectivity index (χ1v) is 9.07. The number of nitrogens with zero attached hydrogens (tertiary/aromatic N) is 1. The molecule has 8 heteroatoms. The molecule has 1 saturated heterocycles. The first-order chi connectivity index (χ1) is 13.6. The fourth-order valence-electron chi connectivity index (χ4n) is 3.01. The smallest absolute Gasteiger partial charge is 0.257 e. The number of carbonyl (C=O) groups is 1. The number of nitrogens with one attached hydrogen (secondary N) is 2. The molecule has 8 nitrogen and oxygen atoms in total. The standard InChI is InChI=1S/C20H25N3O5/c1-25-16-9-14(10-17(26-2)19(16)27-3)23-20(24)13-6-7-18(21-11-13)22-12-15-5-4-8-28-15/h6-7,9-11,15H,4-5,8,12H2,1-3H3,(H,21,22)(H,23,24). The van der Waals surface area contributed by atoms with Crippen molar-refractivity contribution in [2.75, 3.05) is 45.1 Å². The summed E-state index contributed by atoms with van der Waals surface area (Å²) >= 11 is 0. The second-order valence-corrected chi connectivity index (χ2v) is 6.32. The largest absolute Gasteiger partial charge is 0.493 e. The second-order valence-electron chi connectivity index (χ2n) is 6.32. The van der Waals surface area contributed by atoms with Crippen molar-refractivity contribution in [1.29, 1.82) is 0 Å². The fourth-order valence-corrected chi connectivity index (χ4v) is 3.01. The number of hydrogen-bond donors (Lipinski definition) is 2. The molecule has 3 rings (SSSR count). The summed E-state index contributed by atoms with van der Waals surface area (Å²) < 4.78 is 21.5. The minimum Gasteiger partial charge on any atom is -0.493 e. The van der Waals surface area contributed by atoms with E-state index in [2.05, 4.69) is 15.6 Å². The Morgan fingerprint density at radius 1 is 1.18 bits per heavy atom. The van der Waals surface area contributed by atoms with Crippen molar-refractivity contribution < 1.29 is 23.7 Å². The molecule has 0 radical (unpaired) electrons. The van der Waals surface area contributed by atoms with Crippen molar-refractivity contribution in [1.82, 2.24) is 4.98 Å². The van der Waals surface area contributed by atoms with E-state index in [1.807, 2.05) is 0 Å². The third kappa shape index (κ3) is 4.64. The predicted molar refractivity (Wildman–Crippen MR) is 106 cm³/mol. The van der Waals surface area contributed by atoms with Crippen LogP contribution in [0.25, 0.3) is 0 Å². The molecule has 0 bridgehead atoms. The normalized spacial score (nSPS) is 15.8. The van der Waals surface area contributed by atoms with Crippen LogP contribution in [0.1, 0.15) is 23.2 Å². The van der Waals surface area contributed by atoms with Crippen LogP contribution in [0.15, 0.2) is 30.5 Å². The van der Waals surface area contributed by atoms with E-state index in [4.69, 9.17) is 18.9 Å². The number of pyridine rings is 1. The number of ether oxygens (including phenoxy) is 4. The lowest BCUT2D eigenvalue weighted by atomic mass is 10.2. The summed E-state index contributed by atoms with van der Waals surface area (Å²) in [5.41, 5.74) is 0.969. The van der Waals surface area contributed by atoms with Gasteiger partial charge in [-0.1, -0.05) is 0 Å². The van der Waals surface area contributed by atoms with Crippen LogP contribution in [0.3, 0.4) is 0 Å². The van der Waals surface area contributed by atoms with Gasteiger partial charge in [0.05, 0.1) is 33.0 Å². The molecule has 2 N–H and O–H groups in total. The average molecular weight is 387 g/mol. The number of carbonyl (C=O) groups excluding carboxylic acids is 1. The number of rotatable bonds is 8. The zero-order chi connectivity index (χ0) is 19.9. The zero-order valence-electron chi connectivity index (χ0n) is 16.3. The lowest BCUT2D eigenvalue weighted by Crippen LogP contribution is -2.19. The molecule has 1 unspecified atom stereocenters. The third-order valence-electron chi connectivity index (χ3n) is 4.48. The summed E-state index contributed by atoms with van der Waals surface area (Å²) in [5, 5.41) is 6.05. The number of anilines is 2.